The maximum Gasteiger partial charge on any atom is 0.433 e. The number of amides is 2. The highest BCUT2D eigenvalue weighted by atomic mass is 32.1. The van der Waals surface area contributed by atoms with Crippen LogP contribution in [0.15, 0.2) is 72.9 Å². The molecular formula is C31H24F3N7O2S. The average Bonchev–Trinajstić information content (AvgIpc) is 3.66. The second kappa shape index (κ2) is 10.8. The van der Waals surface area contributed by atoms with E-state index in [0.29, 0.717) is 39.5 Å². The largest absolute Gasteiger partial charge is 0.433 e. The van der Waals surface area contributed by atoms with Crippen molar-refractivity contribution in [3.05, 3.63) is 100 Å². The molecule has 44 heavy (non-hydrogen) atoms. The molecule has 0 aliphatic heterocycles. The molecule has 0 spiro atoms. The SMILES string of the molecule is Cc1c(-c2cc(C(F)(F)F)nc3sc(C(N)=O)c(NC(=O)c4c(-c5ccccc5)nn(-c5ccccc5)c4C)c23)cnn1C. The number of nitrogens with one attached hydrogen (secondary N) is 1. The first-order valence-electron chi connectivity index (χ1n) is 13.3. The van der Waals surface area contributed by atoms with Crippen LogP contribution in [0.1, 0.15) is 37.1 Å². The van der Waals surface area contributed by atoms with Crippen molar-refractivity contribution in [2.45, 2.75) is 20.0 Å². The fourth-order valence-electron chi connectivity index (χ4n) is 5.08. The summed E-state index contributed by atoms with van der Waals surface area (Å²) in [4.78, 5) is 30.4. The van der Waals surface area contributed by atoms with E-state index in [9.17, 15) is 22.8 Å². The van der Waals surface area contributed by atoms with Gasteiger partial charge >= 0.3 is 6.18 Å². The smallest absolute Gasteiger partial charge is 0.365 e. The molecule has 0 saturated carbocycles. The number of nitrogens with zero attached hydrogens (tertiary/aromatic N) is 5. The van der Waals surface area contributed by atoms with Crippen LogP contribution in [0.25, 0.3) is 38.3 Å². The number of thiophene rings is 1. The Balaban J connectivity index is 1.58. The standard InChI is InChI=1S/C31H24F3N7O2S/c1-16-21(15-36-40(16)3)20-14-22(31(32,33)34)37-30-24(20)26(27(44-30)28(35)42)38-29(43)23-17(2)41(19-12-8-5-9-13-19)39-25(23)18-10-6-4-7-11-18/h4-15H,1-3H3,(H2,35,42)(H,38,43). The number of primary amides is 1. The lowest BCUT2D eigenvalue weighted by molar-refractivity contribution is -0.140. The Hall–Kier alpha value is -5.30. The van der Waals surface area contributed by atoms with E-state index in [-0.39, 0.29) is 31.9 Å². The van der Waals surface area contributed by atoms with E-state index >= 15 is 0 Å². The van der Waals surface area contributed by atoms with Crippen molar-refractivity contribution in [2.75, 3.05) is 5.32 Å². The van der Waals surface area contributed by atoms with Gasteiger partial charge in [0.15, 0.2) is 0 Å². The van der Waals surface area contributed by atoms with Crippen LogP contribution in [-0.4, -0.2) is 36.4 Å². The van der Waals surface area contributed by atoms with Gasteiger partial charge < -0.3 is 11.1 Å². The minimum Gasteiger partial charge on any atom is -0.365 e. The number of aromatic nitrogens is 5. The number of pyridine rings is 1. The average molecular weight is 616 g/mol. The van der Waals surface area contributed by atoms with E-state index in [1.165, 1.54) is 10.9 Å². The maximum absolute atomic E-state index is 14.2. The van der Waals surface area contributed by atoms with Crippen molar-refractivity contribution in [3.63, 3.8) is 0 Å². The van der Waals surface area contributed by atoms with Crippen LogP contribution in [0.2, 0.25) is 0 Å². The van der Waals surface area contributed by atoms with Gasteiger partial charge in [0, 0.05) is 29.3 Å². The fraction of sp³-hybridized carbons (Fsp3) is 0.129. The van der Waals surface area contributed by atoms with Gasteiger partial charge in [-0.05, 0) is 37.6 Å². The van der Waals surface area contributed by atoms with Crippen molar-refractivity contribution in [1.82, 2.24) is 24.5 Å². The van der Waals surface area contributed by atoms with E-state index in [2.05, 4.69) is 15.4 Å². The summed E-state index contributed by atoms with van der Waals surface area (Å²) < 4.78 is 45.0. The summed E-state index contributed by atoms with van der Waals surface area (Å²) in [5.74, 6) is -1.55. The van der Waals surface area contributed by atoms with Crippen LogP contribution in [0, 0.1) is 13.8 Å². The normalized spacial score (nSPS) is 11.7. The highest BCUT2D eigenvalue weighted by Crippen LogP contribution is 2.44. The number of carbonyl (C=O) groups excluding carboxylic acids is 2. The van der Waals surface area contributed by atoms with Crippen molar-refractivity contribution in [2.24, 2.45) is 12.8 Å². The Morgan fingerprint density at radius 1 is 0.955 bits per heavy atom. The molecule has 2 aromatic carbocycles. The predicted molar refractivity (Wildman–Crippen MR) is 162 cm³/mol. The quantitative estimate of drug-likeness (QED) is 0.221. The molecule has 0 bridgehead atoms. The number of halogens is 3. The van der Waals surface area contributed by atoms with Gasteiger partial charge in [-0.1, -0.05) is 48.5 Å². The highest BCUT2D eigenvalue weighted by molar-refractivity contribution is 7.21. The summed E-state index contributed by atoms with van der Waals surface area (Å²) in [6.07, 6.45) is -3.34. The molecule has 2 amide bonds. The molecule has 0 radical (unpaired) electrons. The summed E-state index contributed by atoms with van der Waals surface area (Å²) in [5.41, 5.74) is 8.08. The monoisotopic (exact) mass is 615 g/mol. The Morgan fingerprint density at radius 2 is 1.61 bits per heavy atom. The van der Waals surface area contributed by atoms with Crippen molar-refractivity contribution in [1.29, 1.82) is 0 Å². The lowest BCUT2D eigenvalue weighted by atomic mass is 10.0. The van der Waals surface area contributed by atoms with Gasteiger partial charge in [-0.25, -0.2) is 9.67 Å². The molecule has 9 nitrogen and oxygen atoms in total. The first-order valence-corrected chi connectivity index (χ1v) is 14.1. The second-order valence-electron chi connectivity index (χ2n) is 10.0. The number of hydrogen-bond donors (Lipinski definition) is 2. The van der Waals surface area contributed by atoms with E-state index in [1.54, 1.807) is 25.6 Å². The van der Waals surface area contributed by atoms with E-state index in [1.807, 2.05) is 60.7 Å². The zero-order valence-electron chi connectivity index (χ0n) is 23.6. The summed E-state index contributed by atoms with van der Waals surface area (Å²) >= 11 is 0.679. The molecular weight excluding hydrogens is 591 g/mol. The zero-order valence-corrected chi connectivity index (χ0v) is 24.4. The second-order valence-corrected chi connectivity index (χ2v) is 11.0. The van der Waals surface area contributed by atoms with Gasteiger partial charge in [-0.15, -0.1) is 11.3 Å². The third-order valence-electron chi connectivity index (χ3n) is 7.33. The number of nitrogens with two attached hydrogens (primary N) is 1. The van der Waals surface area contributed by atoms with Crippen molar-refractivity contribution < 1.29 is 22.8 Å². The van der Waals surface area contributed by atoms with Crippen LogP contribution in [-0.2, 0) is 13.2 Å². The molecule has 0 unspecified atom stereocenters. The Bertz CT molecular complexity index is 2060. The molecule has 0 atom stereocenters. The molecule has 4 aromatic heterocycles. The summed E-state index contributed by atoms with van der Waals surface area (Å²) in [5, 5.41) is 11.9. The summed E-state index contributed by atoms with van der Waals surface area (Å²) in [6, 6.07) is 19.2. The maximum atomic E-state index is 14.2. The number of alkyl halides is 3. The van der Waals surface area contributed by atoms with Crippen LogP contribution in [0.4, 0.5) is 18.9 Å². The summed E-state index contributed by atoms with van der Waals surface area (Å²) in [6.45, 7) is 3.44. The topological polar surface area (TPSA) is 121 Å². The molecule has 0 saturated heterocycles. The molecule has 0 aliphatic carbocycles. The molecule has 6 aromatic rings. The molecule has 222 valence electrons. The van der Waals surface area contributed by atoms with Gasteiger partial charge in [0.2, 0.25) is 0 Å². The predicted octanol–water partition coefficient (Wildman–Crippen LogP) is 6.54. The van der Waals surface area contributed by atoms with Gasteiger partial charge in [0.05, 0.1) is 28.8 Å². The van der Waals surface area contributed by atoms with Gasteiger partial charge in [0.25, 0.3) is 11.8 Å². The minimum absolute atomic E-state index is 0.0344. The summed E-state index contributed by atoms with van der Waals surface area (Å²) in [7, 11) is 1.66. The van der Waals surface area contributed by atoms with E-state index in [4.69, 9.17) is 10.8 Å². The van der Waals surface area contributed by atoms with Crippen molar-refractivity contribution >= 4 is 39.1 Å². The van der Waals surface area contributed by atoms with E-state index in [0.717, 1.165) is 11.8 Å². The lowest BCUT2D eigenvalue weighted by Gasteiger charge is -2.13. The number of hydrogen-bond acceptors (Lipinski definition) is 6. The lowest BCUT2D eigenvalue weighted by Crippen LogP contribution is -2.18. The molecule has 3 N–H and O–H groups in total. The molecule has 6 rings (SSSR count). The number of anilines is 1. The number of rotatable bonds is 6. The zero-order chi connectivity index (χ0) is 31.3. The third-order valence-corrected chi connectivity index (χ3v) is 8.43. The number of para-hydroxylation sites is 1. The number of aryl methyl sites for hydroxylation is 1. The van der Waals surface area contributed by atoms with Crippen LogP contribution < -0.4 is 11.1 Å². The first-order chi connectivity index (χ1) is 21.0. The molecule has 4 heterocycles. The molecule has 0 fully saturated rings. The number of fused-ring (bicyclic) bond motifs is 1. The molecule has 0 aliphatic rings. The molecule has 13 heteroatoms. The van der Waals surface area contributed by atoms with Gasteiger partial charge in [-0.3, -0.25) is 14.3 Å². The first kappa shape index (κ1) is 28.8. The number of benzene rings is 2. The Kier molecular flexibility index (Phi) is 7.04. The van der Waals surface area contributed by atoms with Gasteiger partial charge in [0.1, 0.15) is 21.1 Å². The van der Waals surface area contributed by atoms with Crippen LogP contribution in [0.5, 0.6) is 0 Å². The van der Waals surface area contributed by atoms with Crippen LogP contribution in [0.3, 0.4) is 0 Å². The Labute approximate surface area is 252 Å². The van der Waals surface area contributed by atoms with E-state index < -0.39 is 23.7 Å². The Morgan fingerprint density at radius 3 is 2.20 bits per heavy atom. The fourth-order valence-corrected chi connectivity index (χ4v) is 6.09. The highest BCUT2D eigenvalue weighted by Gasteiger charge is 2.36. The number of carbonyl (C=O) groups is 2. The van der Waals surface area contributed by atoms with Gasteiger partial charge in [-0.2, -0.15) is 23.4 Å². The third kappa shape index (κ3) is 4.90. The van der Waals surface area contributed by atoms with Crippen LogP contribution >= 0.6 is 11.3 Å². The van der Waals surface area contributed by atoms with Crippen molar-refractivity contribution in [3.8, 4) is 28.1 Å². The minimum atomic E-state index is -4.77.